The van der Waals surface area contributed by atoms with E-state index >= 15 is 0 Å². The van der Waals surface area contributed by atoms with E-state index in [1.165, 1.54) is 16.7 Å². The van der Waals surface area contributed by atoms with E-state index in [2.05, 4.69) is 32.0 Å². The summed E-state index contributed by atoms with van der Waals surface area (Å²) in [5, 5.41) is 1.26. The smallest absolute Gasteiger partial charge is 0.0476 e. The predicted octanol–water partition coefficient (Wildman–Crippen LogP) is 5.43. The summed E-state index contributed by atoms with van der Waals surface area (Å²) in [6, 6.07) is 10.1. The first kappa shape index (κ1) is 15.2. The van der Waals surface area contributed by atoms with Crippen LogP contribution in [0.25, 0.3) is 0 Å². The van der Waals surface area contributed by atoms with Gasteiger partial charge >= 0.3 is 0 Å². The molecule has 0 aliphatic rings. The highest BCUT2D eigenvalue weighted by Crippen LogP contribution is 2.30. The molecule has 0 aliphatic heterocycles. The first-order valence-electron chi connectivity index (χ1n) is 6.83. The second-order valence-corrected chi connectivity index (χ2v) is 5.97. The Bertz CT molecular complexity index is 597. The van der Waals surface area contributed by atoms with Crippen molar-refractivity contribution in [3.63, 3.8) is 0 Å². The minimum absolute atomic E-state index is 0.597. The lowest BCUT2D eigenvalue weighted by atomic mass is 9.97. The molecule has 0 radical (unpaired) electrons. The highest BCUT2D eigenvalue weighted by molar-refractivity contribution is 6.36. The van der Waals surface area contributed by atoms with Crippen molar-refractivity contribution in [2.24, 2.45) is 0 Å². The molecule has 0 bridgehead atoms. The molecule has 3 heteroatoms. The number of aryl methyl sites for hydroxylation is 2. The Labute approximate surface area is 130 Å². The van der Waals surface area contributed by atoms with Gasteiger partial charge in [0.15, 0.2) is 0 Å². The molecule has 0 aromatic heterocycles. The summed E-state index contributed by atoms with van der Waals surface area (Å²) < 4.78 is 0. The Morgan fingerprint density at radius 3 is 2.30 bits per heavy atom. The van der Waals surface area contributed by atoms with E-state index in [1.54, 1.807) is 12.1 Å². The maximum atomic E-state index is 6.25. The Morgan fingerprint density at radius 1 is 1.05 bits per heavy atom. The van der Waals surface area contributed by atoms with Crippen LogP contribution >= 0.6 is 23.2 Å². The molecule has 0 atom stereocenters. The Balaban J connectivity index is 2.33. The summed E-state index contributed by atoms with van der Waals surface area (Å²) in [7, 11) is 0. The Hall–Kier alpha value is -1.18. The molecule has 0 heterocycles. The molecule has 0 saturated carbocycles. The van der Waals surface area contributed by atoms with Crippen molar-refractivity contribution >= 4 is 28.9 Å². The van der Waals surface area contributed by atoms with Gasteiger partial charge in [-0.25, -0.2) is 0 Å². The predicted molar refractivity (Wildman–Crippen MR) is 88.9 cm³/mol. The van der Waals surface area contributed by atoms with Gasteiger partial charge in [-0.15, -0.1) is 0 Å². The van der Waals surface area contributed by atoms with Gasteiger partial charge in [0.1, 0.15) is 0 Å². The highest BCUT2D eigenvalue weighted by atomic mass is 35.5. The van der Waals surface area contributed by atoms with Gasteiger partial charge in [0.2, 0.25) is 0 Å². The van der Waals surface area contributed by atoms with Gasteiger partial charge in [-0.2, -0.15) is 0 Å². The zero-order valence-corrected chi connectivity index (χ0v) is 13.4. The zero-order valence-electron chi connectivity index (χ0n) is 11.8. The standard InChI is InChI=1S/C17H19Cl2N/c1-3-4-13-7-12(6-5-11(13)2)8-15-16(18)9-14(20)10-17(15)19/h5-7,9-10H,3-4,8,20H2,1-2H3. The van der Waals surface area contributed by atoms with E-state index in [0.29, 0.717) is 15.7 Å². The van der Waals surface area contributed by atoms with E-state index < -0.39 is 0 Å². The van der Waals surface area contributed by atoms with Gasteiger partial charge in [0, 0.05) is 22.2 Å². The van der Waals surface area contributed by atoms with Crippen LogP contribution < -0.4 is 5.73 Å². The summed E-state index contributed by atoms with van der Waals surface area (Å²) in [5.41, 5.74) is 11.2. The maximum Gasteiger partial charge on any atom is 0.0476 e. The second kappa shape index (κ2) is 6.51. The number of benzene rings is 2. The molecule has 2 rings (SSSR count). The quantitative estimate of drug-likeness (QED) is 0.749. The second-order valence-electron chi connectivity index (χ2n) is 5.15. The molecule has 0 fully saturated rings. The van der Waals surface area contributed by atoms with Crippen molar-refractivity contribution < 1.29 is 0 Å². The van der Waals surface area contributed by atoms with E-state index in [-0.39, 0.29) is 0 Å². The van der Waals surface area contributed by atoms with Crippen LogP contribution in [0.4, 0.5) is 5.69 Å². The average molecular weight is 308 g/mol. The number of anilines is 1. The van der Waals surface area contributed by atoms with Crippen LogP contribution in [-0.4, -0.2) is 0 Å². The molecule has 2 aromatic carbocycles. The van der Waals surface area contributed by atoms with E-state index in [0.717, 1.165) is 24.8 Å². The molecule has 2 aromatic rings. The SMILES string of the molecule is CCCc1cc(Cc2c(Cl)cc(N)cc2Cl)ccc1C. The minimum Gasteiger partial charge on any atom is -0.399 e. The van der Waals surface area contributed by atoms with Gasteiger partial charge in [-0.1, -0.05) is 54.7 Å². The highest BCUT2D eigenvalue weighted by Gasteiger charge is 2.09. The number of rotatable bonds is 4. The van der Waals surface area contributed by atoms with E-state index in [9.17, 15) is 0 Å². The summed E-state index contributed by atoms with van der Waals surface area (Å²) in [4.78, 5) is 0. The van der Waals surface area contributed by atoms with Crippen LogP contribution in [0.1, 0.15) is 35.6 Å². The molecule has 20 heavy (non-hydrogen) atoms. The number of hydrogen-bond acceptors (Lipinski definition) is 1. The van der Waals surface area contributed by atoms with Crippen molar-refractivity contribution in [1.82, 2.24) is 0 Å². The first-order chi connectivity index (χ1) is 9.51. The molecule has 0 spiro atoms. The molecule has 2 N–H and O–H groups in total. The maximum absolute atomic E-state index is 6.25. The van der Waals surface area contributed by atoms with Gasteiger partial charge < -0.3 is 5.73 Å². The van der Waals surface area contributed by atoms with Crippen molar-refractivity contribution in [1.29, 1.82) is 0 Å². The molecule has 0 amide bonds. The summed E-state index contributed by atoms with van der Waals surface area (Å²) in [6.45, 7) is 4.35. The molecular weight excluding hydrogens is 289 g/mol. The Kier molecular flexibility index (Phi) is 4.95. The molecule has 1 nitrogen and oxygen atoms in total. The van der Waals surface area contributed by atoms with Crippen molar-refractivity contribution in [2.75, 3.05) is 5.73 Å². The fourth-order valence-electron chi connectivity index (χ4n) is 2.37. The van der Waals surface area contributed by atoms with Crippen LogP contribution in [0.5, 0.6) is 0 Å². The topological polar surface area (TPSA) is 26.0 Å². The van der Waals surface area contributed by atoms with Crippen LogP contribution in [-0.2, 0) is 12.8 Å². The first-order valence-corrected chi connectivity index (χ1v) is 7.58. The van der Waals surface area contributed by atoms with Crippen molar-refractivity contribution in [2.45, 2.75) is 33.1 Å². The summed E-state index contributed by atoms with van der Waals surface area (Å²) in [6.07, 6.45) is 2.98. The summed E-state index contributed by atoms with van der Waals surface area (Å²) >= 11 is 12.5. The van der Waals surface area contributed by atoms with Crippen molar-refractivity contribution in [3.05, 3.63) is 62.6 Å². The molecular formula is C17H19Cl2N. The Morgan fingerprint density at radius 2 is 1.70 bits per heavy atom. The normalized spacial score (nSPS) is 10.8. The van der Waals surface area contributed by atoms with Gasteiger partial charge in [0.05, 0.1) is 0 Å². The lowest BCUT2D eigenvalue weighted by Gasteiger charge is -2.11. The van der Waals surface area contributed by atoms with E-state index in [4.69, 9.17) is 28.9 Å². The fraction of sp³-hybridized carbons (Fsp3) is 0.294. The van der Waals surface area contributed by atoms with Crippen molar-refractivity contribution in [3.8, 4) is 0 Å². The summed E-state index contributed by atoms with van der Waals surface area (Å²) in [5.74, 6) is 0. The number of halogens is 2. The number of hydrogen-bond donors (Lipinski definition) is 1. The monoisotopic (exact) mass is 307 g/mol. The third kappa shape index (κ3) is 3.47. The molecule has 0 aliphatic carbocycles. The lowest BCUT2D eigenvalue weighted by Crippen LogP contribution is -1.96. The van der Waals surface area contributed by atoms with Crippen LogP contribution in [0, 0.1) is 6.92 Å². The lowest BCUT2D eigenvalue weighted by molar-refractivity contribution is 0.909. The van der Waals surface area contributed by atoms with Crippen LogP contribution in [0.2, 0.25) is 10.0 Å². The van der Waals surface area contributed by atoms with Gasteiger partial charge in [-0.05, 0) is 47.7 Å². The van der Waals surface area contributed by atoms with Crippen LogP contribution in [0.3, 0.4) is 0 Å². The fourth-order valence-corrected chi connectivity index (χ4v) is 3.01. The largest absolute Gasteiger partial charge is 0.399 e. The third-order valence-corrected chi connectivity index (χ3v) is 4.15. The molecule has 0 saturated heterocycles. The molecule has 0 unspecified atom stereocenters. The van der Waals surface area contributed by atoms with Crippen LogP contribution in [0.15, 0.2) is 30.3 Å². The number of nitrogens with two attached hydrogens (primary N) is 1. The minimum atomic E-state index is 0.597. The zero-order chi connectivity index (χ0) is 14.7. The molecule has 106 valence electrons. The van der Waals surface area contributed by atoms with Gasteiger partial charge in [-0.3, -0.25) is 0 Å². The van der Waals surface area contributed by atoms with E-state index in [1.807, 2.05) is 0 Å². The third-order valence-electron chi connectivity index (χ3n) is 3.48. The number of nitrogen functional groups attached to an aromatic ring is 1. The average Bonchev–Trinajstić information content (AvgIpc) is 2.37. The van der Waals surface area contributed by atoms with Gasteiger partial charge in [0.25, 0.3) is 0 Å².